The smallest absolute Gasteiger partial charge is 0.312 e. The number of unbranched alkanes of at least 4 members (excludes halogenated alkanes) is 4. The predicted octanol–water partition coefficient (Wildman–Crippen LogP) is 2.03. The summed E-state index contributed by atoms with van der Waals surface area (Å²) in [4.78, 5) is 10.3. The molecule has 0 bridgehead atoms. The van der Waals surface area contributed by atoms with E-state index < -0.39 is 6.03 Å². The molecule has 0 aromatic carbocycles. The van der Waals surface area contributed by atoms with E-state index in [-0.39, 0.29) is 0 Å². The molecular formula is C11H24N2O2. The van der Waals surface area contributed by atoms with E-state index in [2.05, 4.69) is 12.2 Å². The normalized spacial score (nSPS) is 10.2. The Balaban J connectivity index is 2.89. The van der Waals surface area contributed by atoms with Gasteiger partial charge in [0.05, 0.1) is 0 Å². The number of nitrogens with one attached hydrogen (secondary N) is 1. The van der Waals surface area contributed by atoms with Crippen LogP contribution in [0.2, 0.25) is 0 Å². The van der Waals surface area contributed by atoms with Gasteiger partial charge in [-0.3, -0.25) is 0 Å². The minimum absolute atomic E-state index is 0.439. The molecule has 0 aliphatic carbocycles. The first-order chi connectivity index (χ1) is 7.27. The Morgan fingerprint density at radius 3 is 2.40 bits per heavy atom. The molecule has 0 radical (unpaired) electrons. The van der Waals surface area contributed by atoms with Gasteiger partial charge in [-0.1, -0.05) is 19.8 Å². The average molecular weight is 216 g/mol. The SMILES string of the molecule is CCCCCOCCCCCNC(N)=O. The molecular weight excluding hydrogens is 192 g/mol. The summed E-state index contributed by atoms with van der Waals surface area (Å²) in [5, 5.41) is 2.56. The molecule has 15 heavy (non-hydrogen) atoms. The van der Waals surface area contributed by atoms with Crippen molar-refractivity contribution in [3.8, 4) is 0 Å². The summed E-state index contributed by atoms with van der Waals surface area (Å²) in [6.45, 7) is 4.57. The average Bonchev–Trinajstić information content (AvgIpc) is 2.20. The van der Waals surface area contributed by atoms with E-state index in [4.69, 9.17) is 10.5 Å². The van der Waals surface area contributed by atoms with Crippen LogP contribution in [0, 0.1) is 0 Å². The van der Waals surface area contributed by atoms with Crippen molar-refractivity contribution in [3.05, 3.63) is 0 Å². The van der Waals surface area contributed by atoms with Gasteiger partial charge in [0.1, 0.15) is 0 Å². The zero-order chi connectivity index (χ0) is 11.4. The number of primary amides is 1. The van der Waals surface area contributed by atoms with E-state index >= 15 is 0 Å². The number of amides is 2. The molecule has 2 amide bonds. The molecule has 4 heteroatoms. The van der Waals surface area contributed by atoms with Gasteiger partial charge in [-0.15, -0.1) is 0 Å². The third-order valence-electron chi connectivity index (χ3n) is 2.16. The maximum atomic E-state index is 10.3. The quantitative estimate of drug-likeness (QED) is 0.549. The van der Waals surface area contributed by atoms with Gasteiger partial charge in [0, 0.05) is 19.8 Å². The lowest BCUT2D eigenvalue weighted by molar-refractivity contribution is 0.126. The van der Waals surface area contributed by atoms with E-state index in [1.54, 1.807) is 0 Å². The Kier molecular flexibility index (Phi) is 10.7. The van der Waals surface area contributed by atoms with Crippen LogP contribution in [0.4, 0.5) is 4.79 Å². The second-order valence-electron chi connectivity index (χ2n) is 3.67. The molecule has 0 spiro atoms. The monoisotopic (exact) mass is 216 g/mol. The second-order valence-corrected chi connectivity index (χ2v) is 3.67. The number of hydrogen-bond donors (Lipinski definition) is 2. The Morgan fingerprint density at radius 1 is 1.13 bits per heavy atom. The van der Waals surface area contributed by atoms with E-state index in [1.807, 2.05) is 0 Å². The zero-order valence-corrected chi connectivity index (χ0v) is 9.76. The third-order valence-corrected chi connectivity index (χ3v) is 2.16. The highest BCUT2D eigenvalue weighted by Crippen LogP contribution is 1.97. The molecule has 90 valence electrons. The van der Waals surface area contributed by atoms with Gasteiger partial charge in [-0.05, 0) is 25.7 Å². The lowest BCUT2D eigenvalue weighted by Crippen LogP contribution is -2.29. The fraction of sp³-hybridized carbons (Fsp3) is 0.909. The first-order valence-corrected chi connectivity index (χ1v) is 5.88. The van der Waals surface area contributed by atoms with Gasteiger partial charge in [0.15, 0.2) is 0 Å². The number of hydrogen-bond acceptors (Lipinski definition) is 2. The van der Waals surface area contributed by atoms with Gasteiger partial charge in [0.25, 0.3) is 0 Å². The van der Waals surface area contributed by atoms with Gasteiger partial charge in [-0.25, -0.2) is 4.79 Å². The van der Waals surface area contributed by atoms with Crippen molar-refractivity contribution >= 4 is 6.03 Å². The highest BCUT2D eigenvalue weighted by Gasteiger charge is 1.93. The molecule has 4 nitrogen and oxygen atoms in total. The summed E-state index contributed by atoms with van der Waals surface area (Å²) >= 11 is 0. The van der Waals surface area contributed by atoms with E-state index in [9.17, 15) is 4.79 Å². The Labute approximate surface area is 92.6 Å². The summed E-state index contributed by atoms with van der Waals surface area (Å²) in [5.41, 5.74) is 4.93. The second kappa shape index (κ2) is 11.3. The van der Waals surface area contributed by atoms with Gasteiger partial charge < -0.3 is 15.8 Å². The van der Waals surface area contributed by atoms with Crippen molar-refractivity contribution < 1.29 is 9.53 Å². The van der Waals surface area contributed by atoms with Gasteiger partial charge >= 0.3 is 6.03 Å². The standard InChI is InChI=1S/C11H24N2O2/c1-2-3-6-9-15-10-7-4-5-8-13-11(12)14/h2-10H2,1H3,(H3,12,13,14). The van der Waals surface area contributed by atoms with Crippen molar-refractivity contribution in [3.63, 3.8) is 0 Å². The molecule has 3 N–H and O–H groups in total. The van der Waals surface area contributed by atoms with Crippen LogP contribution in [0.1, 0.15) is 45.4 Å². The van der Waals surface area contributed by atoms with Crippen LogP contribution in [-0.4, -0.2) is 25.8 Å². The molecule has 0 heterocycles. The molecule has 0 aromatic rings. The van der Waals surface area contributed by atoms with E-state index in [0.29, 0.717) is 6.54 Å². The molecule has 0 fully saturated rings. The topological polar surface area (TPSA) is 64.3 Å². The number of carbonyl (C=O) groups is 1. The van der Waals surface area contributed by atoms with Gasteiger partial charge in [0.2, 0.25) is 0 Å². The van der Waals surface area contributed by atoms with Crippen LogP contribution in [0.3, 0.4) is 0 Å². The molecule has 0 aliphatic rings. The number of ether oxygens (including phenoxy) is 1. The summed E-state index contributed by atoms with van der Waals surface area (Å²) in [7, 11) is 0. The van der Waals surface area contributed by atoms with Crippen LogP contribution < -0.4 is 11.1 Å². The molecule has 0 aromatic heterocycles. The van der Waals surface area contributed by atoms with Crippen molar-refractivity contribution in [2.45, 2.75) is 45.4 Å². The minimum atomic E-state index is -0.439. The van der Waals surface area contributed by atoms with E-state index in [1.165, 1.54) is 19.3 Å². The number of rotatable bonds is 10. The molecule has 0 saturated heterocycles. The number of carbonyl (C=O) groups excluding carboxylic acids is 1. The van der Waals surface area contributed by atoms with Gasteiger partial charge in [-0.2, -0.15) is 0 Å². The number of nitrogens with two attached hydrogens (primary N) is 1. The minimum Gasteiger partial charge on any atom is -0.381 e. The first kappa shape index (κ1) is 14.2. The summed E-state index contributed by atoms with van der Waals surface area (Å²) in [6.07, 6.45) is 6.77. The fourth-order valence-corrected chi connectivity index (χ4v) is 1.27. The molecule has 0 unspecified atom stereocenters. The Morgan fingerprint density at radius 2 is 1.80 bits per heavy atom. The largest absolute Gasteiger partial charge is 0.381 e. The van der Waals surface area contributed by atoms with Crippen LogP contribution in [-0.2, 0) is 4.74 Å². The van der Waals surface area contributed by atoms with E-state index in [0.717, 1.165) is 32.5 Å². The zero-order valence-electron chi connectivity index (χ0n) is 9.76. The maximum absolute atomic E-state index is 10.3. The molecule has 0 saturated carbocycles. The highest BCUT2D eigenvalue weighted by atomic mass is 16.5. The van der Waals surface area contributed by atoms with Crippen LogP contribution in [0.15, 0.2) is 0 Å². The molecule has 0 aliphatic heterocycles. The van der Waals surface area contributed by atoms with Crippen LogP contribution in [0.5, 0.6) is 0 Å². The van der Waals surface area contributed by atoms with Crippen molar-refractivity contribution in [2.24, 2.45) is 5.73 Å². The summed E-state index contributed by atoms with van der Waals surface area (Å²) in [6, 6.07) is -0.439. The predicted molar refractivity (Wildman–Crippen MR) is 61.8 cm³/mol. The van der Waals surface area contributed by atoms with Crippen LogP contribution >= 0.6 is 0 Å². The lowest BCUT2D eigenvalue weighted by Gasteiger charge is -2.04. The van der Waals surface area contributed by atoms with Crippen molar-refractivity contribution in [2.75, 3.05) is 19.8 Å². The lowest BCUT2D eigenvalue weighted by atomic mass is 10.2. The third kappa shape index (κ3) is 13.2. The first-order valence-electron chi connectivity index (χ1n) is 5.88. The maximum Gasteiger partial charge on any atom is 0.312 e. The molecule has 0 rings (SSSR count). The van der Waals surface area contributed by atoms with Crippen LogP contribution in [0.25, 0.3) is 0 Å². The highest BCUT2D eigenvalue weighted by molar-refractivity contribution is 5.71. The summed E-state index contributed by atoms with van der Waals surface area (Å²) < 4.78 is 5.45. The number of urea groups is 1. The Hall–Kier alpha value is -0.770. The van der Waals surface area contributed by atoms with Crippen molar-refractivity contribution in [1.29, 1.82) is 0 Å². The fourth-order valence-electron chi connectivity index (χ4n) is 1.27. The molecule has 0 atom stereocenters. The Bertz CT molecular complexity index is 152. The van der Waals surface area contributed by atoms with Crippen molar-refractivity contribution in [1.82, 2.24) is 5.32 Å². The summed E-state index contributed by atoms with van der Waals surface area (Å²) in [5.74, 6) is 0.